The lowest BCUT2D eigenvalue weighted by molar-refractivity contribution is -0.141. The van der Waals surface area contributed by atoms with Crippen molar-refractivity contribution < 1.29 is 46.5 Å². The molecule has 4 amide bonds. The summed E-state index contributed by atoms with van der Waals surface area (Å²) in [5.74, 6) is -0.873. The molecule has 2 aromatic carbocycles. The standard InChI is InChI=1S/C45H53N7O10S/c1-59-29-19-17-27(18-20-29)35-24-38(52-40(46-35)39-33(49-52)15-10-16-37(39)60-2)61-31-23-36-41(53)48-45(43(55)50-63(57,58)32-21-22-32)25-28(45)11-6-4-3-5-7-14-34(42(54)51(36)26-31)47-44(56)62-30-12-8-9-13-30/h6,10-11,15-20,24,28,30-32,34,36H,3-5,7-9,12-14,21-23,25-26H2,1-2H3,(H,47,56)(H,48,53)(H,50,55)/b11-6-/t28-,31-,34+,36+,45-/m1/s1. The summed E-state index contributed by atoms with van der Waals surface area (Å²) in [5, 5.41) is 10.6. The molecular formula is C45H53N7O10S. The monoisotopic (exact) mass is 883 g/mol. The first-order valence-electron chi connectivity index (χ1n) is 22.0. The van der Waals surface area contributed by atoms with Gasteiger partial charge in [-0.2, -0.15) is 9.61 Å². The van der Waals surface area contributed by atoms with E-state index in [1.807, 2.05) is 54.6 Å². The van der Waals surface area contributed by atoms with Crippen LogP contribution in [0.5, 0.6) is 17.4 Å². The lowest BCUT2D eigenvalue weighted by atomic mass is 10.0. The Hall–Kier alpha value is -5.91. The average molecular weight is 884 g/mol. The number of sulfonamides is 1. The van der Waals surface area contributed by atoms with Crippen LogP contribution in [-0.2, 0) is 29.1 Å². The van der Waals surface area contributed by atoms with Crippen LogP contribution in [0.15, 0.2) is 60.7 Å². The molecule has 4 fully saturated rings. The molecule has 0 spiro atoms. The van der Waals surface area contributed by atoms with Gasteiger partial charge in [-0.15, -0.1) is 0 Å². The van der Waals surface area contributed by atoms with Crippen molar-refractivity contribution >= 4 is 50.4 Å². The number of allylic oxidation sites excluding steroid dienone is 1. The van der Waals surface area contributed by atoms with E-state index in [-0.39, 0.29) is 31.4 Å². The van der Waals surface area contributed by atoms with E-state index >= 15 is 0 Å². The first-order valence-corrected chi connectivity index (χ1v) is 23.5. The van der Waals surface area contributed by atoms with Gasteiger partial charge in [-0.1, -0.05) is 31.1 Å². The Morgan fingerprint density at radius 1 is 0.921 bits per heavy atom. The zero-order chi connectivity index (χ0) is 43.9. The van der Waals surface area contributed by atoms with E-state index in [4.69, 9.17) is 29.0 Å². The normalized spacial score (nSPS) is 26.2. The number of hydrogen-bond acceptors (Lipinski definition) is 12. The minimum absolute atomic E-state index is 0.00118. The molecule has 18 heteroatoms. The fourth-order valence-corrected chi connectivity index (χ4v) is 10.5. The van der Waals surface area contributed by atoms with E-state index in [2.05, 4.69) is 15.4 Å². The lowest BCUT2D eigenvalue weighted by Crippen LogP contribution is -2.58. The fraction of sp³-hybridized carbons (Fsp3) is 0.511. The molecule has 5 aliphatic rings. The number of hydrogen-bond donors (Lipinski definition) is 3. The van der Waals surface area contributed by atoms with Gasteiger partial charge < -0.3 is 34.5 Å². The molecule has 2 aliphatic heterocycles. The highest BCUT2D eigenvalue weighted by atomic mass is 32.2. The Morgan fingerprint density at radius 2 is 1.70 bits per heavy atom. The maximum absolute atomic E-state index is 14.8. The van der Waals surface area contributed by atoms with Crippen LogP contribution in [0.2, 0.25) is 0 Å². The summed E-state index contributed by atoms with van der Waals surface area (Å²) in [6, 6.07) is 12.5. The number of carbonyl (C=O) groups is 4. The molecule has 3 aliphatic carbocycles. The minimum Gasteiger partial charge on any atom is -0.497 e. The first kappa shape index (κ1) is 42.4. The van der Waals surface area contributed by atoms with Gasteiger partial charge in [0.15, 0.2) is 5.65 Å². The Balaban J connectivity index is 1.07. The third kappa shape index (κ3) is 8.73. The van der Waals surface area contributed by atoms with Crippen LogP contribution in [0.4, 0.5) is 4.79 Å². The molecule has 4 heterocycles. The van der Waals surface area contributed by atoms with Crippen LogP contribution in [0.1, 0.15) is 83.5 Å². The van der Waals surface area contributed by atoms with Gasteiger partial charge in [-0.05, 0) is 101 Å². The maximum atomic E-state index is 14.8. The molecule has 63 heavy (non-hydrogen) atoms. The molecule has 0 radical (unpaired) electrons. The van der Waals surface area contributed by atoms with Crippen molar-refractivity contribution in [1.29, 1.82) is 0 Å². The molecule has 334 valence electrons. The predicted molar refractivity (Wildman–Crippen MR) is 231 cm³/mol. The molecule has 3 saturated carbocycles. The summed E-state index contributed by atoms with van der Waals surface area (Å²) in [6.45, 7) is -0.0584. The molecule has 0 bridgehead atoms. The number of fused-ring (bicyclic) bond motifs is 5. The first-order chi connectivity index (χ1) is 30.5. The second-order valence-electron chi connectivity index (χ2n) is 17.3. The van der Waals surface area contributed by atoms with E-state index in [9.17, 15) is 27.6 Å². The second-order valence-corrected chi connectivity index (χ2v) is 19.3. The molecular weight excluding hydrogens is 831 g/mol. The van der Waals surface area contributed by atoms with E-state index in [1.54, 1.807) is 24.8 Å². The van der Waals surface area contributed by atoms with Crippen LogP contribution in [0.3, 0.4) is 0 Å². The molecule has 9 rings (SSSR count). The number of benzene rings is 2. The van der Waals surface area contributed by atoms with Crippen LogP contribution in [0, 0.1) is 5.92 Å². The van der Waals surface area contributed by atoms with Gasteiger partial charge in [0.1, 0.15) is 41.3 Å². The number of rotatable bonds is 10. The SMILES string of the molecule is COc1ccc(-c2cc(O[C@@H]3C[C@H]4C(=O)N[C@]5(C(=O)NS(=O)(=O)C6CC6)C[C@H]5/C=C\CCCCC[C@H](NC(=O)OC5CCCC5)C(=O)N4C3)n3nc4cccc(OC)c4c3n2)cc1. The van der Waals surface area contributed by atoms with E-state index < -0.39 is 68.7 Å². The van der Waals surface area contributed by atoms with Gasteiger partial charge >= 0.3 is 6.09 Å². The summed E-state index contributed by atoms with van der Waals surface area (Å²) in [5.41, 5.74) is 0.844. The number of amides is 4. The van der Waals surface area contributed by atoms with Gasteiger partial charge in [-0.3, -0.25) is 19.1 Å². The van der Waals surface area contributed by atoms with E-state index in [1.165, 1.54) is 4.90 Å². The van der Waals surface area contributed by atoms with E-state index in [0.29, 0.717) is 65.8 Å². The van der Waals surface area contributed by atoms with Crippen molar-refractivity contribution in [3.63, 3.8) is 0 Å². The van der Waals surface area contributed by atoms with Crippen molar-refractivity contribution in [1.82, 2.24) is 34.9 Å². The molecule has 17 nitrogen and oxygen atoms in total. The fourth-order valence-electron chi connectivity index (χ4n) is 9.19. The number of ether oxygens (including phenoxy) is 4. The van der Waals surface area contributed by atoms with Crippen LogP contribution in [0.25, 0.3) is 27.8 Å². The maximum Gasteiger partial charge on any atom is 0.408 e. The number of methoxy groups -OCH3 is 2. The summed E-state index contributed by atoms with van der Waals surface area (Å²) >= 11 is 0. The number of aromatic nitrogens is 3. The van der Waals surface area contributed by atoms with E-state index in [0.717, 1.165) is 44.1 Å². The predicted octanol–water partition coefficient (Wildman–Crippen LogP) is 4.96. The van der Waals surface area contributed by atoms with Gasteiger partial charge in [-0.25, -0.2) is 18.2 Å². The Morgan fingerprint density at radius 3 is 2.44 bits per heavy atom. The highest BCUT2D eigenvalue weighted by molar-refractivity contribution is 7.91. The summed E-state index contributed by atoms with van der Waals surface area (Å²) in [6.07, 6.45) is 9.83. The molecule has 4 aromatic rings. The smallest absolute Gasteiger partial charge is 0.408 e. The van der Waals surface area contributed by atoms with Crippen molar-refractivity contribution in [3.8, 4) is 28.6 Å². The van der Waals surface area contributed by atoms with Crippen molar-refractivity contribution in [2.24, 2.45) is 5.92 Å². The largest absolute Gasteiger partial charge is 0.497 e. The van der Waals surface area contributed by atoms with Crippen LogP contribution in [-0.4, -0.2) is 108 Å². The summed E-state index contributed by atoms with van der Waals surface area (Å²) < 4.78 is 53.4. The quantitative estimate of drug-likeness (QED) is 0.181. The van der Waals surface area contributed by atoms with Gasteiger partial charge in [0.2, 0.25) is 27.7 Å². The van der Waals surface area contributed by atoms with Gasteiger partial charge in [0, 0.05) is 24.0 Å². The van der Waals surface area contributed by atoms with Gasteiger partial charge in [0.25, 0.3) is 5.91 Å². The van der Waals surface area contributed by atoms with Gasteiger partial charge in [0.05, 0.1) is 42.6 Å². The molecule has 3 N–H and O–H groups in total. The van der Waals surface area contributed by atoms with Crippen molar-refractivity contribution in [3.05, 3.63) is 60.7 Å². The second kappa shape index (κ2) is 17.3. The highest BCUT2D eigenvalue weighted by Crippen LogP contribution is 2.46. The third-order valence-corrected chi connectivity index (χ3v) is 14.8. The Bertz CT molecular complexity index is 2550. The topological polar surface area (TPSA) is 209 Å². The molecule has 5 atom stereocenters. The third-order valence-electron chi connectivity index (χ3n) is 12.9. The summed E-state index contributed by atoms with van der Waals surface area (Å²) in [7, 11) is -0.767. The number of carbonyl (C=O) groups excluding carboxylic acids is 4. The van der Waals surface area contributed by atoms with Crippen molar-refractivity contribution in [2.45, 2.75) is 119 Å². The Kier molecular flexibility index (Phi) is 11.7. The van der Waals surface area contributed by atoms with Crippen molar-refractivity contribution in [2.75, 3.05) is 20.8 Å². The lowest BCUT2D eigenvalue weighted by Gasteiger charge is -2.30. The van der Waals surface area contributed by atoms with Crippen LogP contribution < -0.4 is 29.6 Å². The molecule has 2 aromatic heterocycles. The molecule has 0 unspecified atom stereocenters. The average Bonchev–Trinajstić information content (AvgIpc) is 4.09. The minimum atomic E-state index is -3.93. The Labute approximate surface area is 365 Å². The number of alkyl carbamates (subject to hydrolysis) is 1. The highest BCUT2D eigenvalue weighted by Gasteiger charge is 2.62. The van der Waals surface area contributed by atoms with Crippen LogP contribution >= 0.6 is 0 Å². The zero-order valence-corrected chi connectivity index (χ0v) is 36.2. The number of nitrogens with one attached hydrogen (secondary N) is 3. The molecule has 1 saturated heterocycles. The number of nitrogens with zero attached hydrogens (tertiary/aromatic N) is 4. The summed E-state index contributed by atoms with van der Waals surface area (Å²) in [4.78, 5) is 63.2. The zero-order valence-electron chi connectivity index (χ0n) is 35.4.